The van der Waals surface area contributed by atoms with E-state index in [0.717, 1.165) is 23.9 Å². The van der Waals surface area contributed by atoms with Crippen molar-refractivity contribution in [1.29, 1.82) is 0 Å². The van der Waals surface area contributed by atoms with Crippen molar-refractivity contribution in [1.82, 2.24) is 20.3 Å². The molecule has 1 heterocycles. The molecule has 0 radical (unpaired) electrons. The van der Waals surface area contributed by atoms with Gasteiger partial charge in [0.05, 0.1) is 12.1 Å². The molecule has 5 nitrogen and oxygen atoms in total. The molecular formula is C24H24N4O. The first-order chi connectivity index (χ1) is 14.2. The molecule has 0 bridgehead atoms. The van der Waals surface area contributed by atoms with E-state index in [-0.39, 0.29) is 5.91 Å². The summed E-state index contributed by atoms with van der Waals surface area (Å²) in [7, 11) is 0. The lowest BCUT2D eigenvalue weighted by Gasteiger charge is -2.06. The van der Waals surface area contributed by atoms with E-state index in [1.165, 1.54) is 16.7 Å². The van der Waals surface area contributed by atoms with Crippen molar-refractivity contribution >= 4 is 16.9 Å². The zero-order chi connectivity index (χ0) is 20.1. The van der Waals surface area contributed by atoms with E-state index in [2.05, 4.69) is 59.0 Å². The van der Waals surface area contributed by atoms with Crippen LogP contribution >= 0.6 is 0 Å². The minimum Gasteiger partial charge on any atom is -0.352 e. The number of rotatable bonds is 7. The van der Waals surface area contributed by atoms with Gasteiger partial charge in [0.2, 0.25) is 0 Å². The van der Waals surface area contributed by atoms with Gasteiger partial charge >= 0.3 is 0 Å². The first-order valence-electron chi connectivity index (χ1n) is 9.90. The largest absolute Gasteiger partial charge is 0.352 e. The first-order valence-corrected chi connectivity index (χ1v) is 9.90. The third kappa shape index (κ3) is 4.69. The number of benzene rings is 3. The van der Waals surface area contributed by atoms with Crippen molar-refractivity contribution in [2.24, 2.45) is 0 Å². The minimum atomic E-state index is -0.0759. The molecule has 0 spiro atoms. The molecule has 1 N–H and O–H groups in total. The van der Waals surface area contributed by atoms with E-state index in [0.29, 0.717) is 18.7 Å². The fourth-order valence-corrected chi connectivity index (χ4v) is 3.34. The topological polar surface area (TPSA) is 59.8 Å². The number of nitrogens with zero attached hydrogens (tertiary/aromatic N) is 3. The molecule has 0 aliphatic carbocycles. The van der Waals surface area contributed by atoms with Gasteiger partial charge in [-0.25, -0.2) is 4.68 Å². The molecule has 0 saturated heterocycles. The average Bonchev–Trinajstić information content (AvgIpc) is 3.15. The molecule has 0 saturated carbocycles. The van der Waals surface area contributed by atoms with Gasteiger partial charge < -0.3 is 5.32 Å². The van der Waals surface area contributed by atoms with Gasteiger partial charge in [-0.3, -0.25) is 4.79 Å². The molecule has 3 aromatic carbocycles. The predicted molar refractivity (Wildman–Crippen MR) is 115 cm³/mol. The number of amides is 1. The summed E-state index contributed by atoms with van der Waals surface area (Å²) in [6.07, 6.45) is 1.86. The molecule has 0 aliphatic heterocycles. The summed E-state index contributed by atoms with van der Waals surface area (Å²) >= 11 is 0. The van der Waals surface area contributed by atoms with E-state index in [1.54, 1.807) is 6.07 Å². The maximum atomic E-state index is 12.5. The zero-order valence-electron chi connectivity index (χ0n) is 16.5. The van der Waals surface area contributed by atoms with Crippen LogP contribution in [0.1, 0.15) is 33.5 Å². The van der Waals surface area contributed by atoms with Crippen molar-refractivity contribution < 1.29 is 4.79 Å². The third-order valence-corrected chi connectivity index (χ3v) is 5.00. The second kappa shape index (κ2) is 8.69. The summed E-state index contributed by atoms with van der Waals surface area (Å²) in [5.41, 5.74) is 5.95. The fourth-order valence-electron chi connectivity index (χ4n) is 3.34. The lowest BCUT2D eigenvalue weighted by Crippen LogP contribution is -2.24. The second-order valence-corrected chi connectivity index (χ2v) is 7.28. The Morgan fingerprint density at radius 1 is 0.966 bits per heavy atom. The minimum absolute atomic E-state index is 0.0759. The number of hydrogen-bond acceptors (Lipinski definition) is 3. The van der Waals surface area contributed by atoms with Gasteiger partial charge in [0.1, 0.15) is 5.52 Å². The molecule has 0 unspecified atom stereocenters. The maximum absolute atomic E-state index is 12.5. The highest BCUT2D eigenvalue weighted by molar-refractivity contribution is 5.97. The molecule has 29 heavy (non-hydrogen) atoms. The van der Waals surface area contributed by atoms with Crippen LogP contribution in [-0.4, -0.2) is 27.4 Å². The predicted octanol–water partition coefficient (Wildman–Crippen LogP) is 4.15. The number of nitrogens with one attached hydrogen (secondary N) is 1. The molecule has 5 heteroatoms. The summed E-state index contributed by atoms with van der Waals surface area (Å²) in [6, 6.07) is 24.2. The Hall–Kier alpha value is -3.47. The van der Waals surface area contributed by atoms with Crippen LogP contribution < -0.4 is 5.32 Å². The van der Waals surface area contributed by atoms with Crippen LogP contribution in [0, 0.1) is 6.92 Å². The highest BCUT2D eigenvalue weighted by Crippen LogP contribution is 2.15. The lowest BCUT2D eigenvalue weighted by atomic mass is 10.1. The Labute approximate surface area is 170 Å². The number of carbonyl (C=O) groups excluding carboxylic acids is 1. The Bertz CT molecular complexity index is 1100. The van der Waals surface area contributed by atoms with Crippen molar-refractivity contribution in [3.8, 4) is 0 Å². The van der Waals surface area contributed by atoms with Gasteiger partial charge in [0, 0.05) is 12.1 Å². The molecule has 1 amide bonds. The highest BCUT2D eigenvalue weighted by atomic mass is 16.1. The lowest BCUT2D eigenvalue weighted by molar-refractivity contribution is 0.0953. The van der Waals surface area contributed by atoms with E-state index < -0.39 is 0 Å². The van der Waals surface area contributed by atoms with Gasteiger partial charge in [0.25, 0.3) is 5.91 Å². The molecule has 0 aliphatic rings. The normalized spacial score (nSPS) is 10.9. The van der Waals surface area contributed by atoms with Gasteiger partial charge in [-0.2, -0.15) is 0 Å². The summed E-state index contributed by atoms with van der Waals surface area (Å²) in [5.74, 6) is -0.0759. The molecule has 146 valence electrons. The first kappa shape index (κ1) is 18.9. The van der Waals surface area contributed by atoms with E-state index in [1.807, 2.05) is 35.0 Å². The van der Waals surface area contributed by atoms with E-state index in [9.17, 15) is 4.79 Å². The summed E-state index contributed by atoms with van der Waals surface area (Å²) in [5, 5.41) is 11.5. The number of aryl methyl sites for hydroxylation is 2. The molecular weight excluding hydrogens is 360 g/mol. The Balaban J connectivity index is 1.37. The third-order valence-electron chi connectivity index (χ3n) is 5.00. The van der Waals surface area contributed by atoms with Crippen molar-refractivity contribution in [2.75, 3.05) is 6.54 Å². The standard InChI is InChI=1S/C24H24N4O/c1-18-9-11-20(12-10-18)17-28-23-14-13-21(16-22(23)26-27-28)24(29)25-15-5-8-19-6-3-2-4-7-19/h2-4,6-7,9-14,16H,5,8,15,17H2,1H3,(H,25,29). The summed E-state index contributed by atoms with van der Waals surface area (Å²) in [4.78, 5) is 12.5. The Kier molecular flexibility index (Phi) is 5.66. The quantitative estimate of drug-likeness (QED) is 0.487. The van der Waals surface area contributed by atoms with Crippen LogP contribution in [0.5, 0.6) is 0 Å². The van der Waals surface area contributed by atoms with E-state index >= 15 is 0 Å². The number of aromatic nitrogens is 3. The highest BCUT2D eigenvalue weighted by Gasteiger charge is 2.10. The fraction of sp³-hybridized carbons (Fsp3) is 0.208. The Morgan fingerprint density at radius 2 is 1.76 bits per heavy atom. The number of hydrogen-bond donors (Lipinski definition) is 1. The van der Waals surface area contributed by atoms with E-state index in [4.69, 9.17) is 0 Å². The van der Waals surface area contributed by atoms with Crippen molar-refractivity contribution in [3.05, 3.63) is 95.1 Å². The van der Waals surface area contributed by atoms with Gasteiger partial charge in [-0.1, -0.05) is 65.4 Å². The smallest absolute Gasteiger partial charge is 0.251 e. The number of carbonyl (C=O) groups is 1. The monoisotopic (exact) mass is 384 g/mol. The van der Waals surface area contributed by atoms with Crippen LogP contribution in [0.15, 0.2) is 72.8 Å². The van der Waals surface area contributed by atoms with Crippen molar-refractivity contribution in [2.45, 2.75) is 26.3 Å². The van der Waals surface area contributed by atoms with Crippen LogP contribution in [0.3, 0.4) is 0 Å². The number of fused-ring (bicyclic) bond motifs is 1. The molecule has 1 aromatic heterocycles. The zero-order valence-corrected chi connectivity index (χ0v) is 16.5. The van der Waals surface area contributed by atoms with Crippen LogP contribution in [0.25, 0.3) is 11.0 Å². The van der Waals surface area contributed by atoms with Crippen LogP contribution in [0.2, 0.25) is 0 Å². The van der Waals surface area contributed by atoms with Gasteiger partial charge in [-0.05, 0) is 49.1 Å². The van der Waals surface area contributed by atoms with Crippen LogP contribution in [0.4, 0.5) is 0 Å². The molecule has 0 fully saturated rings. The summed E-state index contributed by atoms with van der Waals surface area (Å²) < 4.78 is 1.86. The van der Waals surface area contributed by atoms with Crippen LogP contribution in [-0.2, 0) is 13.0 Å². The van der Waals surface area contributed by atoms with Gasteiger partial charge in [-0.15, -0.1) is 5.10 Å². The summed E-state index contributed by atoms with van der Waals surface area (Å²) in [6.45, 7) is 3.37. The molecule has 4 rings (SSSR count). The molecule has 4 aromatic rings. The van der Waals surface area contributed by atoms with Gasteiger partial charge in [0.15, 0.2) is 0 Å². The molecule has 0 atom stereocenters. The second-order valence-electron chi connectivity index (χ2n) is 7.28. The Morgan fingerprint density at radius 3 is 2.55 bits per heavy atom. The van der Waals surface area contributed by atoms with Crippen molar-refractivity contribution in [3.63, 3.8) is 0 Å². The SMILES string of the molecule is Cc1ccc(Cn2nnc3cc(C(=O)NCCCc4ccccc4)ccc32)cc1. The average molecular weight is 384 g/mol. The maximum Gasteiger partial charge on any atom is 0.251 e.